The average Bonchev–Trinajstić information content (AvgIpc) is 2.60. The Balaban J connectivity index is 3.05. The van der Waals surface area contributed by atoms with Gasteiger partial charge in [0, 0.05) is 12.8 Å². The first-order valence-electron chi connectivity index (χ1n) is 13.0. The summed E-state index contributed by atoms with van der Waals surface area (Å²) in [5.41, 5.74) is 0.207. The fourth-order valence-electron chi connectivity index (χ4n) is 5.96. The first kappa shape index (κ1) is 28.9. The van der Waals surface area contributed by atoms with E-state index in [1.54, 1.807) is 0 Å². The molecule has 0 saturated heterocycles. The summed E-state index contributed by atoms with van der Waals surface area (Å²) in [5, 5.41) is 0. The van der Waals surface area contributed by atoms with Gasteiger partial charge in [-0.05, 0) is 54.3 Å². The van der Waals surface area contributed by atoms with Crippen LogP contribution in [0.3, 0.4) is 0 Å². The molecule has 0 N–H and O–H groups in total. The Kier molecular flexibility index (Phi) is 11.0. The van der Waals surface area contributed by atoms with E-state index in [2.05, 4.69) is 76.2 Å². The molecule has 0 aliphatic heterocycles. The Labute approximate surface area is 194 Å². The second kappa shape index (κ2) is 11.8. The van der Waals surface area contributed by atoms with Gasteiger partial charge >= 0.3 is 0 Å². The predicted molar refractivity (Wildman–Crippen MR) is 129 cm³/mol. The first-order chi connectivity index (χ1) is 14.3. The highest BCUT2D eigenvalue weighted by Crippen LogP contribution is 2.48. The van der Waals surface area contributed by atoms with E-state index in [9.17, 15) is 0 Å². The van der Waals surface area contributed by atoms with Gasteiger partial charge in [-0.25, -0.2) is 9.78 Å². The minimum atomic E-state index is -0.868. The van der Waals surface area contributed by atoms with E-state index in [0.717, 1.165) is 57.8 Å². The van der Waals surface area contributed by atoms with E-state index in [-0.39, 0.29) is 28.5 Å². The predicted octanol–water partition coefficient (Wildman–Crippen LogP) is 8.64. The van der Waals surface area contributed by atoms with Gasteiger partial charge in [0.05, 0.1) is 12.2 Å². The molecule has 31 heavy (non-hydrogen) atoms. The lowest BCUT2D eigenvalue weighted by Gasteiger charge is -2.46. The van der Waals surface area contributed by atoms with Crippen molar-refractivity contribution in [1.29, 1.82) is 0 Å². The minimum Gasteiger partial charge on any atom is -0.230 e. The van der Waals surface area contributed by atoms with Crippen molar-refractivity contribution in [3.05, 3.63) is 0 Å². The highest BCUT2D eigenvalue weighted by molar-refractivity contribution is 4.88. The topological polar surface area (TPSA) is 36.9 Å². The van der Waals surface area contributed by atoms with Crippen LogP contribution in [0.15, 0.2) is 0 Å². The van der Waals surface area contributed by atoms with Crippen LogP contribution in [0.4, 0.5) is 0 Å². The fraction of sp³-hybridized carbons (Fsp3) is 1.00. The smallest absolute Gasteiger partial charge is 0.230 e. The zero-order valence-corrected chi connectivity index (χ0v) is 22.7. The molecule has 186 valence electrons. The summed E-state index contributed by atoms with van der Waals surface area (Å²) in [6.07, 6.45) is 9.02. The first-order valence-corrected chi connectivity index (χ1v) is 13.0. The van der Waals surface area contributed by atoms with Crippen molar-refractivity contribution >= 4 is 0 Å². The largest absolute Gasteiger partial charge is 0.234 e. The van der Waals surface area contributed by atoms with E-state index in [1.807, 2.05) is 0 Å². The van der Waals surface area contributed by atoms with Crippen molar-refractivity contribution in [1.82, 2.24) is 0 Å². The van der Waals surface area contributed by atoms with Gasteiger partial charge in [0.1, 0.15) is 0 Å². The summed E-state index contributed by atoms with van der Waals surface area (Å²) < 4.78 is 0. The van der Waals surface area contributed by atoms with E-state index in [1.165, 1.54) is 0 Å². The van der Waals surface area contributed by atoms with Gasteiger partial charge < -0.3 is 0 Å². The molecule has 0 aromatic carbocycles. The Morgan fingerprint density at radius 1 is 0.774 bits per heavy atom. The van der Waals surface area contributed by atoms with Crippen LogP contribution in [0.25, 0.3) is 0 Å². The van der Waals surface area contributed by atoms with Crippen molar-refractivity contribution < 1.29 is 19.6 Å². The maximum Gasteiger partial charge on any atom is 0.234 e. The lowest BCUT2D eigenvalue weighted by Crippen LogP contribution is -2.49. The van der Waals surface area contributed by atoms with Crippen LogP contribution in [-0.4, -0.2) is 18.0 Å². The van der Waals surface area contributed by atoms with Crippen LogP contribution in [0.2, 0.25) is 0 Å². The second-order valence-corrected chi connectivity index (χ2v) is 12.4. The van der Waals surface area contributed by atoms with Gasteiger partial charge in [-0.1, -0.05) is 89.0 Å². The molecule has 1 aliphatic carbocycles. The molecule has 1 saturated carbocycles. The molecule has 4 heteroatoms. The summed E-state index contributed by atoms with van der Waals surface area (Å²) in [7, 11) is 0. The van der Waals surface area contributed by atoms with Crippen LogP contribution >= 0.6 is 0 Å². The maximum absolute atomic E-state index is 6.28. The molecule has 1 rings (SSSR count). The summed E-state index contributed by atoms with van der Waals surface area (Å²) in [6.45, 7) is 24.7. The molecule has 0 radical (unpaired) electrons. The van der Waals surface area contributed by atoms with Crippen LogP contribution in [0.1, 0.15) is 134 Å². The van der Waals surface area contributed by atoms with Crippen molar-refractivity contribution in [2.45, 2.75) is 152 Å². The van der Waals surface area contributed by atoms with Crippen LogP contribution < -0.4 is 0 Å². The van der Waals surface area contributed by atoms with Gasteiger partial charge in [0.25, 0.3) is 0 Å². The molecule has 0 aromatic rings. The molecule has 3 unspecified atom stereocenters. The molecular formula is C27H54O4. The number of rotatable bonds is 14. The quantitative estimate of drug-likeness (QED) is 0.153. The molecule has 0 spiro atoms. The lowest BCUT2D eigenvalue weighted by atomic mass is 9.70. The number of hydrogen-bond acceptors (Lipinski definition) is 4. The lowest BCUT2D eigenvalue weighted by molar-refractivity contribution is -0.545. The Bertz CT molecular complexity index is 481. The maximum atomic E-state index is 6.28. The molecule has 1 fully saturated rings. The zero-order chi connectivity index (χ0) is 23.9. The van der Waals surface area contributed by atoms with Crippen LogP contribution in [0.5, 0.6) is 0 Å². The Hall–Kier alpha value is -0.160. The summed E-state index contributed by atoms with van der Waals surface area (Å²) in [5.74, 6) is -0.393. The van der Waals surface area contributed by atoms with Crippen molar-refractivity contribution in [2.24, 2.45) is 22.2 Å². The SMILES string of the molecule is CCCC(C)(C)C(CC)OOC1(OOC(CC)C(C)(C)CCC)CC(C)CC(C)(C)C1. The molecule has 3 atom stereocenters. The van der Waals surface area contributed by atoms with Gasteiger partial charge in [-0.2, -0.15) is 9.78 Å². The van der Waals surface area contributed by atoms with Crippen molar-refractivity contribution in [3.63, 3.8) is 0 Å². The third kappa shape index (κ3) is 8.61. The second-order valence-electron chi connectivity index (χ2n) is 12.4. The zero-order valence-electron chi connectivity index (χ0n) is 22.7. The highest BCUT2D eigenvalue weighted by Gasteiger charge is 2.49. The van der Waals surface area contributed by atoms with Crippen LogP contribution in [0, 0.1) is 22.2 Å². The highest BCUT2D eigenvalue weighted by atomic mass is 17.3. The van der Waals surface area contributed by atoms with Crippen LogP contribution in [-0.2, 0) is 19.6 Å². The normalized spacial score (nSPS) is 26.6. The van der Waals surface area contributed by atoms with E-state index in [4.69, 9.17) is 19.6 Å². The van der Waals surface area contributed by atoms with E-state index >= 15 is 0 Å². The molecule has 0 aromatic heterocycles. The molecule has 0 bridgehead atoms. The molecular weight excluding hydrogens is 388 g/mol. The van der Waals surface area contributed by atoms with Crippen molar-refractivity contribution in [3.8, 4) is 0 Å². The monoisotopic (exact) mass is 442 g/mol. The molecule has 0 heterocycles. The fourth-order valence-corrected chi connectivity index (χ4v) is 5.96. The standard InChI is InChI=1S/C27H54O4/c1-12-16-25(8,9)22(14-3)28-30-27(19-21(5)18-24(6,7)20-27)31-29-23(15-4)26(10,11)17-13-2/h21-23H,12-20H2,1-11H3. The van der Waals surface area contributed by atoms with Gasteiger partial charge in [0.15, 0.2) is 0 Å². The van der Waals surface area contributed by atoms with Gasteiger partial charge in [-0.15, -0.1) is 0 Å². The summed E-state index contributed by atoms with van der Waals surface area (Å²) >= 11 is 0. The third-order valence-electron chi connectivity index (χ3n) is 7.21. The third-order valence-corrected chi connectivity index (χ3v) is 7.21. The van der Waals surface area contributed by atoms with E-state index in [0.29, 0.717) is 5.92 Å². The summed E-state index contributed by atoms with van der Waals surface area (Å²) in [4.78, 5) is 24.9. The van der Waals surface area contributed by atoms with Gasteiger partial charge in [0.2, 0.25) is 5.79 Å². The molecule has 1 aliphatic rings. The van der Waals surface area contributed by atoms with Crippen molar-refractivity contribution in [2.75, 3.05) is 0 Å². The van der Waals surface area contributed by atoms with E-state index < -0.39 is 5.79 Å². The summed E-state index contributed by atoms with van der Waals surface area (Å²) in [6, 6.07) is 0. The van der Waals surface area contributed by atoms with Gasteiger partial charge in [-0.3, -0.25) is 0 Å². The average molecular weight is 443 g/mol. The Morgan fingerprint density at radius 3 is 1.52 bits per heavy atom. The minimum absolute atomic E-state index is 0.0202. The molecule has 0 amide bonds. The molecule has 4 nitrogen and oxygen atoms in total. The number of hydrogen-bond donors (Lipinski definition) is 0. The Morgan fingerprint density at radius 2 is 1.19 bits per heavy atom.